The SMILES string of the molecule is O=C(NCCN(CCNC(=O)n1ccnc1)CCNC(=O)n1ccnc1)n1ccnc1. The summed E-state index contributed by atoms with van der Waals surface area (Å²) >= 11 is 0. The molecular formula is C18H24N10O3. The standard InChI is InChI=1S/C18H24N10O3/c29-16(26-10-1-19-13-26)22-4-7-25(8-5-23-17(30)27-11-2-20-14-27)9-6-24-18(31)28-12-3-21-15-28/h1-3,10-15H,4-9H2,(H,22,29)(H,23,30)(H,24,31). The number of hydrogen-bond donors (Lipinski definition) is 3. The second-order valence-electron chi connectivity index (χ2n) is 6.45. The van der Waals surface area contributed by atoms with Crippen molar-refractivity contribution in [3.8, 4) is 0 Å². The van der Waals surface area contributed by atoms with Crippen molar-refractivity contribution in [3.05, 3.63) is 56.2 Å². The maximum atomic E-state index is 12.0. The molecule has 31 heavy (non-hydrogen) atoms. The fourth-order valence-electron chi connectivity index (χ4n) is 2.71. The maximum Gasteiger partial charge on any atom is 0.326 e. The first-order chi connectivity index (χ1) is 15.1. The molecule has 3 aromatic rings. The van der Waals surface area contributed by atoms with Gasteiger partial charge in [-0.05, 0) is 0 Å². The molecule has 0 aliphatic heterocycles. The van der Waals surface area contributed by atoms with Crippen LogP contribution < -0.4 is 16.0 Å². The van der Waals surface area contributed by atoms with Crippen molar-refractivity contribution < 1.29 is 14.4 Å². The Morgan fingerprint density at radius 2 is 0.935 bits per heavy atom. The van der Waals surface area contributed by atoms with E-state index in [0.29, 0.717) is 39.3 Å². The third-order valence-electron chi connectivity index (χ3n) is 4.33. The molecule has 0 saturated heterocycles. The Kier molecular flexibility index (Phi) is 7.88. The molecule has 0 fully saturated rings. The molecule has 0 bridgehead atoms. The minimum absolute atomic E-state index is 0.278. The third-order valence-corrected chi connectivity index (χ3v) is 4.33. The summed E-state index contributed by atoms with van der Waals surface area (Å²) in [5, 5.41) is 8.40. The van der Waals surface area contributed by atoms with E-state index in [2.05, 4.69) is 30.9 Å². The lowest BCUT2D eigenvalue weighted by atomic mass is 10.4. The van der Waals surface area contributed by atoms with Crippen molar-refractivity contribution in [1.82, 2.24) is 49.5 Å². The Morgan fingerprint density at radius 1 is 0.613 bits per heavy atom. The van der Waals surface area contributed by atoms with Crippen LogP contribution in [0.1, 0.15) is 0 Å². The van der Waals surface area contributed by atoms with Crippen LogP contribution in [0.15, 0.2) is 56.2 Å². The van der Waals surface area contributed by atoms with Crippen molar-refractivity contribution in [2.24, 2.45) is 0 Å². The summed E-state index contributed by atoms with van der Waals surface area (Å²) in [5.41, 5.74) is 0. The number of nitrogens with one attached hydrogen (secondary N) is 3. The molecule has 13 nitrogen and oxygen atoms in total. The van der Waals surface area contributed by atoms with Crippen LogP contribution in [0.4, 0.5) is 14.4 Å². The molecule has 3 amide bonds. The molecule has 0 radical (unpaired) electrons. The Labute approximate surface area is 178 Å². The fraction of sp³-hybridized carbons (Fsp3) is 0.333. The molecule has 3 heterocycles. The molecule has 0 aromatic carbocycles. The van der Waals surface area contributed by atoms with Crippen LogP contribution in [-0.2, 0) is 0 Å². The topological polar surface area (TPSA) is 144 Å². The number of imidazole rings is 3. The molecule has 3 N–H and O–H groups in total. The van der Waals surface area contributed by atoms with Crippen LogP contribution in [0.3, 0.4) is 0 Å². The summed E-state index contributed by atoms with van der Waals surface area (Å²) in [4.78, 5) is 49.6. The zero-order chi connectivity index (χ0) is 21.9. The predicted octanol–water partition coefficient (Wildman–Crippen LogP) is -0.348. The Balaban J connectivity index is 1.44. The van der Waals surface area contributed by atoms with Gasteiger partial charge < -0.3 is 16.0 Å². The smallest absolute Gasteiger partial charge is 0.326 e. The summed E-state index contributed by atoms with van der Waals surface area (Å²) in [5.74, 6) is 0. The quantitative estimate of drug-likeness (QED) is 0.423. The van der Waals surface area contributed by atoms with Gasteiger partial charge in [0.2, 0.25) is 0 Å². The van der Waals surface area contributed by atoms with E-state index in [9.17, 15) is 14.4 Å². The minimum Gasteiger partial charge on any atom is -0.336 e. The van der Waals surface area contributed by atoms with Gasteiger partial charge in [0, 0.05) is 76.4 Å². The predicted molar refractivity (Wildman–Crippen MR) is 110 cm³/mol. The van der Waals surface area contributed by atoms with E-state index in [1.54, 1.807) is 18.6 Å². The Morgan fingerprint density at radius 3 is 1.19 bits per heavy atom. The molecule has 0 saturated carbocycles. The molecule has 0 spiro atoms. The van der Waals surface area contributed by atoms with E-state index in [1.165, 1.54) is 51.3 Å². The molecule has 164 valence electrons. The Hall–Kier alpha value is -4.00. The maximum absolute atomic E-state index is 12.0. The Bertz CT molecular complexity index is 813. The second kappa shape index (κ2) is 11.3. The van der Waals surface area contributed by atoms with Crippen molar-refractivity contribution >= 4 is 18.1 Å². The normalized spacial score (nSPS) is 10.7. The van der Waals surface area contributed by atoms with Crippen molar-refractivity contribution in [1.29, 1.82) is 0 Å². The second-order valence-corrected chi connectivity index (χ2v) is 6.45. The van der Waals surface area contributed by atoms with Crippen molar-refractivity contribution in [2.75, 3.05) is 39.3 Å². The van der Waals surface area contributed by atoms with Gasteiger partial charge >= 0.3 is 18.1 Å². The molecule has 3 aromatic heterocycles. The van der Waals surface area contributed by atoms with Crippen LogP contribution in [0.2, 0.25) is 0 Å². The molecule has 0 aliphatic rings. The highest BCUT2D eigenvalue weighted by atomic mass is 16.2. The monoisotopic (exact) mass is 428 g/mol. The fourth-order valence-corrected chi connectivity index (χ4v) is 2.71. The number of carbonyl (C=O) groups is 3. The van der Waals surface area contributed by atoms with Gasteiger partial charge in [0.25, 0.3) is 0 Å². The number of aromatic nitrogens is 6. The van der Waals surface area contributed by atoms with Gasteiger partial charge in [0.05, 0.1) is 0 Å². The summed E-state index contributed by atoms with van der Waals surface area (Å²) in [6.45, 7) is 2.76. The van der Waals surface area contributed by atoms with Gasteiger partial charge in [-0.1, -0.05) is 0 Å². The number of rotatable bonds is 9. The lowest BCUT2D eigenvalue weighted by molar-refractivity contribution is 0.229. The van der Waals surface area contributed by atoms with Crippen LogP contribution in [0, 0.1) is 0 Å². The first-order valence-electron chi connectivity index (χ1n) is 9.64. The third kappa shape index (κ3) is 6.78. The highest BCUT2D eigenvalue weighted by Gasteiger charge is 2.10. The lowest BCUT2D eigenvalue weighted by Gasteiger charge is -2.23. The molecule has 13 heteroatoms. The van der Waals surface area contributed by atoms with E-state index in [1.807, 2.05) is 4.90 Å². The number of hydrogen-bond acceptors (Lipinski definition) is 7. The van der Waals surface area contributed by atoms with E-state index < -0.39 is 0 Å². The van der Waals surface area contributed by atoms with Crippen LogP contribution >= 0.6 is 0 Å². The van der Waals surface area contributed by atoms with E-state index in [0.717, 1.165) is 0 Å². The summed E-state index contributed by atoms with van der Waals surface area (Å²) in [6, 6.07) is -0.835. The van der Waals surface area contributed by atoms with Crippen LogP contribution in [0.25, 0.3) is 0 Å². The zero-order valence-electron chi connectivity index (χ0n) is 16.8. The molecule has 0 aliphatic carbocycles. The van der Waals surface area contributed by atoms with Gasteiger partial charge in [-0.3, -0.25) is 18.6 Å². The average Bonchev–Trinajstić information content (AvgIpc) is 3.55. The number of amides is 3. The van der Waals surface area contributed by atoms with Crippen LogP contribution in [-0.4, -0.2) is 90.9 Å². The largest absolute Gasteiger partial charge is 0.336 e. The highest BCUT2D eigenvalue weighted by Crippen LogP contribution is 1.91. The zero-order valence-corrected chi connectivity index (χ0v) is 16.8. The first kappa shape index (κ1) is 21.7. The van der Waals surface area contributed by atoms with E-state index in [-0.39, 0.29) is 18.1 Å². The van der Waals surface area contributed by atoms with Gasteiger partial charge in [-0.25, -0.2) is 29.3 Å². The van der Waals surface area contributed by atoms with Gasteiger partial charge in [0.15, 0.2) is 0 Å². The van der Waals surface area contributed by atoms with Gasteiger partial charge in [-0.15, -0.1) is 0 Å². The van der Waals surface area contributed by atoms with Crippen molar-refractivity contribution in [2.45, 2.75) is 0 Å². The number of carbonyl (C=O) groups excluding carboxylic acids is 3. The van der Waals surface area contributed by atoms with Gasteiger partial charge in [-0.2, -0.15) is 0 Å². The number of nitrogens with zero attached hydrogens (tertiary/aromatic N) is 7. The molecule has 0 unspecified atom stereocenters. The van der Waals surface area contributed by atoms with Crippen LogP contribution in [0.5, 0.6) is 0 Å². The molecule has 3 rings (SSSR count). The molecular weight excluding hydrogens is 404 g/mol. The summed E-state index contributed by atoms with van der Waals surface area (Å²) in [6.07, 6.45) is 13.5. The highest BCUT2D eigenvalue weighted by molar-refractivity contribution is 5.77. The van der Waals surface area contributed by atoms with E-state index in [4.69, 9.17) is 0 Å². The summed E-state index contributed by atoms with van der Waals surface area (Å²) in [7, 11) is 0. The summed E-state index contributed by atoms with van der Waals surface area (Å²) < 4.78 is 4.04. The van der Waals surface area contributed by atoms with Gasteiger partial charge in [0.1, 0.15) is 19.0 Å². The van der Waals surface area contributed by atoms with E-state index >= 15 is 0 Å². The lowest BCUT2D eigenvalue weighted by Crippen LogP contribution is -2.44. The average molecular weight is 428 g/mol. The van der Waals surface area contributed by atoms with Crippen molar-refractivity contribution in [3.63, 3.8) is 0 Å². The molecule has 0 atom stereocenters. The minimum atomic E-state index is -0.278. The first-order valence-corrected chi connectivity index (χ1v) is 9.64.